The third kappa shape index (κ3) is 6.90. The summed E-state index contributed by atoms with van der Waals surface area (Å²) in [5, 5.41) is 20.2. The summed E-state index contributed by atoms with van der Waals surface area (Å²) in [6, 6.07) is 26.7. The number of methoxy groups -OCH3 is 1. The van der Waals surface area contributed by atoms with E-state index in [2.05, 4.69) is 10.2 Å². The second-order valence-corrected chi connectivity index (χ2v) is 12.7. The Morgan fingerprint density at radius 3 is 2.42 bits per heavy atom. The lowest BCUT2D eigenvalue weighted by molar-refractivity contribution is -0.132. The molecule has 1 fully saturated rings. The van der Waals surface area contributed by atoms with Crippen LogP contribution in [0.3, 0.4) is 0 Å². The van der Waals surface area contributed by atoms with Crippen LogP contribution in [0, 0.1) is 5.82 Å². The molecule has 6 rings (SSSR count). The molecule has 5 aromatic rings. The van der Waals surface area contributed by atoms with Crippen molar-refractivity contribution in [3.05, 3.63) is 131 Å². The van der Waals surface area contributed by atoms with E-state index in [9.17, 15) is 19.1 Å². The number of nitrogens with zero attached hydrogens (tertiary/aromatic N) is 3. The minimum Gasteiger partial charge on any atom is -0.507 e. The van der Waals surface area contributed by atoms with Gasteiger partial charge in [0.1, 0.15) is 23.9 Å². The van der Waals surface area contributed by atoms with Crippen LogP contribution in [0.5, 0.6) is 17.2 Å². The van der Waals surface area contributed by atoms with E-state index in [1.165, 1.54) is 29.8 Å². The fourth-order valence-electron chi connectivity index (χ4n) is 5.18. The predicted molar refractivity (Wildman–Crippen MR) is 182 cm³/mol. The first-order chi connectivity index (χ1) is 23.4. The Bertz CT molecular complexity index is 1970. The van der Waals surface area contributed by atoms with Crippen molar-refractivity contribution in [2.75, 3.05) is 18.6 Å². The van der Waals surface area contributed by atoms with Gasteiger partial charge in [-0.15, -0.1) is 10.2 Å². The fraction of sp³-hybridized carbons (Fsp3) is 0.167. The molecule has 1 amide bonds. The minimum absolute atomic E-state index is 0.124. The molecule has 244 valence electrons. The zero-order valence-electron chi connectivity index (χ0n) is 26.0. The van der Waals surface area contributed by atoms with Crippen LogP contribution in [-0.2, 0) is 21.9 Å². The minimum atomic E-state index is -1.08. The molecule has 12 heteroatoms. The second kappa shape index (κ2) is 14.7. The molecule has 0 spiro atoms. The van der Waals surface area contributed by atoms with Crippen molar-refractivity contribution in [1.29, 1.82) is 0 Å². The molecule has 1 aliphatic heterocycles. The highest BCUT2D eigenvalue weighted by Crippen LogP contribution is 2.46. The Hall–Kier alpha value is -5.20. The smallest absolute Gasteiger partial charge is 0.301 e. The summed E-state index contributed by atoms with van der Waals surface area (Å²) < 4.78 is 32.0. The largest absolute Gasteiger partial charge is 0.507 e. The number of carbonyl (C=O) groups excluding carboxylic acids is 2. The van der Waals surface area contributed by atoms with Gasteiger partial charge in [0, 0.05) is 11.3 Å². The highest BCUT2D eigenvalue weighted by Gasteiger charge is 2.48. The first kappa shape index (κ1) is 32.7. The second-order valence-electron chi connectivity index (χ2n) is 10.5. The Morgan fingerprint density at radius 2 is 1.69 bits per heavy atom. The van der Waals surface area contributed by atoms with E-state index in [-0.39, 0.29) is 22.3 Å². The van der Waals surface area contributed by atoms with E-state index in [1.54, 1.807) is 60.7 Å². The number of ketones is 1. The van der Waals surface area contributed by atoms with Gasteiger partial charge in [0.25, 0.3) is 5.78 Å². The number of aromatic nitrogens is 2. The molecule has 9 nitrogen and oxygen atoms in total. The lowest BCUT2D eigenvalue weighted by atomic mass is 9.95. The Balaban J connectivity index is 1.40. The highest BCUT2D eigenvalue weighted by molar-refractivity contribution is 8.00. The lowest BCUT2D eigenvalue weighted by Crippen LogP contribution is -2.29. The number of ether oxygens (including phenoxy) is 3. The Morgan fingerprint density at radius 1 is 0.938 bits per heavy atom. The van der Waals surface area contributed by atoms with E-state index in [1.807, 2.05) is 37.3 Å². The van der Waals surface area contributed by atoms with E-state index in [0.717, 1.165) is 16.9 Å². The third-order valence-electron chi connectivity index (χ3n) is 7.54. The van der Waals surface area contributed by atoms with Crippen molar-refractivity contribution in [3.63, 3.8) is 0 Å². The molecule has 0 saturated carbocycles. The number of hydrogen-bond acceptors (Lipinski definition) is 10. The van der Waals surface area contributed by atoms with Gasteiger partial charge in [0.2, 0.25) is 5.13 Å². The van der Waals surface area contributed by atoms with Gasteiger partial charge in [0.15, 0.2) is 15.8 Å². The van der Waals surface area contributed by atoms with Crippen molar-refractivity contribution >= 4 is 45.7 Å². The van der Waals surface area contributed by atoms with Gasteiger partial charge in [-0.3, -0.25) is 14.5 Å². The molecule has 2 heterocycles. The monoisotopic (exact) mass is 683 g/mol. The molecule has 1 aromatic heterocycles. The molecule has 4 aromatic carbocycles. The number of thioether (sulfide) groups is 1. The van der Waals surface area contributed by atoms with Gasteiger partial charge < -0.3 is 19.3 Å². The number of aliphatic hydroxyl groups excluding tert-OH is 1. The summed E-state index contributed by atoms with van der Waals surface area (Å²) in [4.78, 5) is 28.7. The van der Waals surface area contributed by atoms with Crippen LogP contribution in [0.25, 0.3) is 5.76 Å². The van der Waals surface area contributed by atoms with Crippen LogP contribution in [0.4, 0.5) is 9.52 Å². The summed E-state index contributed by atoms with van der Waals surface area (Å²) >= 11 is 2.35. The third-order valence-corrected chi connectivity index (χ3v) is 9.64. The number of anilines is 1. The van der Waals surface area contributed by atoms with Crippen molar-refractivity contribution in [3.8, 4) is 17.2 Å². The first-order valence-corrected chi connectivity index (χ1v) is 16.8. The number of halogens is 1. The number of amides is 1. The van der Waals surface area contributed by atoms with Gasteiger partial charge in [-0.05, 0) is 66.1 Å². The average molecular weight is 684 g/mol. The molecule has 48 heavy (non-hydrogen) atoms. The van der Waals surface area contributed by atoms with E-state index in [4.69, 9.17) is 14.2 Å². The van der Waals surface area contributed by atoms with Crippen LogP contribution >= 0.6 is 23.1 Å². The number of carbonyl (C=O) groups is 2. The molecule has 0 radical (unpaired) electrons. The number of hydrogen-bond donors (Lipinski definition) is 1. The standard InChI is InChI=1S/C36H30FN3O6S2/c1-3-45-29-19-24(15-18-28(29)46-20-22-9-5-4-6-10-22)31-30(32(41)23-13-16-26(44-2)17-14-23)33(42)34(43)40(31)35-38-39-36(48-35)47-21-25-11-7-8-12-27(25)37/h4-19,31,41H,3,20-21H2,1-2H3/b32-30+. The Labute approximate surface area is 284 Å². The van der Waals surface area contributed by atoms with E-state index < -0.39 is 17.7 Å². The molecule has 1 atom stereocenters. The zero-order valence-corrected chi connectivity index (χ0v) is 27.6. The van der Waals surface area contributed by atoms with Gasteiger partial charge in [-0.1, -0.05) is 77.7 Å². The van der Waals surface area contributed by atoms with Crippen molar-refractivity contribution in [2.45, 2.75) is 29.7 Å². The topological polar surface area (TPSA) is 111 Å². The molecule has 1 saturated heterocycles. The predicted octanol–water partition coefficient (Wildman–Crippen LogP) is 7.58. The maximum Gasteiger partial charge on any atom is 0.301 e. The van der Waals surface area contributed by atoms with Gasteiger partial charge in [0.05, 0.1) is 25.3 Å². The summed E-state index contributed by atoms with van der Waals surface area (Å²) in [6.07, 6.45) is 0. The van der Waals surface area contributed by atoms with Crippen LogP contribution in [0.2, 0.25) is 0 Å². The average Bonchev–Trinajstić information content (AvgIpc) is 3.69. The quantitative estimate of drug-likeness (QED) is 0.0468. The van der Waals surface area contributed by atoms with Gasteiger partial charge in [-0.25, -0.2) is 4.39 Å². The highest BCUT2D eigenvalue weighted by atomic mass is 32.2. The number of aliphatic hydroxyl groups is 1. The molecular weight excluding hydrogens is 654 g/mol. The molecule has 1 N–H and O–H groups in total. The first-order valence-electron chi connectivity index (χ1n) is 15.0. The molecule has 1 aliphatic rings. The summed E-state index contributed by atoms with van der Waals surface area (Å²) in [6.45, 7) is 2.47. The zero-order chi connectivity index (χ0) is 33.6. The maximum absolute atomic E-state index is 14.2. The molecule has 1 unspecified atom stereocenters. The van der Waals surface area contributed by atoms with Gasteiger partial charge >= 0.3 is 5.91 Å². The summed E-state index contributed by atoms with van der Waals surface area (Å²) in [5.74, 6) is -0.720. The van der Waals surface area contributed by atoms with Gasteiger partial charge in [-0.2, -0.15) is 0 Å². The van der Waals surface area contributed by atoms with Crippen LogP contribution in [0.15, 0.2) is 107 Å². The van der Waals surface area contributed by atoms with Crippen LogP contribution in [0.1, 0.15) is 35.2 Å². The molecule has 0 aliphatic carbocycles. The Kier molecular flexibility index (Phi) is 10.0. The fourth-order valence-corrected chi connectivity index (χ4v) is 7.03. The number of rotatable bonds is 12. The summed E-state index contributed by atoms with van der Waals surface area (Å²) in [5.41, 5.74) is 2.15. The number of benzene rings is 4. The van der Waals surface area contributed by atoms with Crippen LogP contribution in [-0.4, -0.2) is 40.7 Å². The van der Waals surface area contributed by atoms with Crippen molar-refractivity contribution in [1.82, 2.24) is 10.2 Å². The molecular formula is C36H30FN3O6S2. The summed E-state index contributed by atoms with van der Waals surface area (Å²) in [7, 11) is 1.52. The normalized spacial score (nSPS) is 15.5. The van der Waals surface area contributed by atoms with Crippen LogP contribution < -0.4 is 19.1 Å². The maximum atomic E-state index is 14.2. The van der Waals surface area contributed by atoms with Crippen molar-refractivity contribution in [2.24, 2.45) is 0 Å². The van der Waals surface area contributed by atoms with E-state index >= 15 is 0 Å². The lowest BCUT2D eigenvalue weighted by Gasteiger charge is -2.23. The van der Waals surface area contributed by atoms with Crippen molar-refractivity contribution < 1.29 is 33.3 Å². The van der Waals surface area contributed by atoms with E-state index in [0.29, 0.717) is 57.2 Å². The number of Topliss-reactive ketones (excluding diaryl/α,β-unsaturated/α-hetero) is 1. The SMILES string of the molecule is CCOc1cc(C2/C(=C(\O)c3ccc(OC)cc3)C(=O)C(=O)N2c2nnc(SCc3ccccc3F)s2)ccc1OCc1ccccc1. The molecule has 0 bridgehead atoms.